The number of carbonyl (C=O) groups excluding carboxylic acids is 2. The van der Waals surface area contributed by atoms with Crippen LogP contribution in [0.3, 0.4) is 0 Å². The lowest BCUT2D eigenvalue weighted by atomic mass is 10.1. The van der Waals surface area contributed by atoms with Gasteiger partial charge in [-0.2, -0.15) is 0 Å². The molecule has 0 bridgehead atoms. The van der Waals surface area contributed by atoms with E-state index < -0.39 is 5.91 Å². The zero-order valence-electron chi connectivity index (χ0n) is 15.5. The van der Waals surface area contributed by atoms with Crippen LogP contribution in [0.15, 0.2) is 48.2 Å². The first-order valence-corrected chi connectivity index (χ1v) is 9.54. The molecule has 0 unspecified atom stereocenters. The standard InChI is InChI=1S/C21H19ClN2O5/c22-16-4-2-1-3-15(16)20(25)23-17(21(26)24-7-9-27-10-8-24)11-14-5-6-18-19(12-14)29-13-28-18/h1-6,11-12H,7-10,13H2,(H,23,25)/b17-11+. The molecule has 1 N–H and O–H groups in total. The molecule has 0 atom stereocenters. The number of halogens is 1. The van der Waals surface area contributed by atoms with Crippen molar-refractivity contribution in [3.05, 3.63) is 64.3 Å². The van der Waals surface area contributed by atoms with Crippen LogP contribution < -0.4 is 14.8 Å². The Kier molecular flexibility index (Phi) is 5.69. The van der Waals surface area contributed by atoms with Crippen LogP contribution in [0.5, 0.6) is 11.5 Å². The average Bonchev–Trinajstić information content (AvgIpc) is 3.21. The molecule has 2 aliphatic rings. The van der Waals surface area contributed by atoms with Crippen LogP contribution >= 0.6 is 11.6 Å². The molecule has 0 aromatic heterocycles. The van der Waals surface area contributed by atoms with E-state index >= 15 is 0 Å². The van der Waals surface area contributed by atoms with Crippen LogP contribution in [-0.4, -0.2) is 49.8 Å². The predicted octanol–water partition coefficient (Wildman–Crippen LogP) is 2.70. The fourth-order valence-electron chi connectivity index (χ4n) is 3.09. The molecule has 4 rings (SSSR count). The van der Waals surface area contributed by atoms with Gasteiger partial charge in [-0.1, -0.05) is 29.8 Å². The number of benzene rings is 2. The molecule has 8 heteroatoms. The molecule has 0 spiro atoms. The fourth-order valence-corrected chi connectivity index (χ4v) is 3.31. The summed E-state index contributed by atoms with van der Waals surface area (Å²) in [7, 11) is 0. The zero-order valence-corrected chi connectivity index (χ0v) is 16.3. The lowest BCUT2D eigenvalue weighted by Crippen LogP contribution is -2.44. The highest BCUT2D eigenvalue weighted by Crippen LogP contribution is 2.33. The summed E-state index contributed by atoms with van der Waals surface area (Å²) in [5, 5.41) is 3.03. The van der Waals surface area contributed by atoms with E-state index in [2.05, 4.69) is 5.32 Å². The van der Waals surface area contributed by atoms with Crippen molar-refractivity contribution >= 4 is 29.5 Å². The number of carbonyl (C=O) groups is 2. The molecule has 2 aromatic carbocycles. The Morgan fingerprint density at radius 3 is 2.59 bits per heavy atom. The van der Waals surface area contributed by atoms with Gasteiger partial charge in [-0.15, -0.1) is 0 Å². The van der Waals surface area contributed by atoms with Crippen LogP contribution in [0.2, 0.25) is 5.02 Å². The smallest absolute Gasteiger partial charge is 0.270 e. The molecule has 0 aliphatic carbocycles. The van der Waals surface area contributed by atoms with Crippen molar-refractivity contribution in [2.75, 3.05) is 33.1 Å². The second-order valence-electron chi connectivity index (χ2n) is 6.51. The molecule has 2 aromatic rings. The van der Waals surface area contributed by atoms with Gasteiger partial charge < -0.3 is 24.4 Å². The van der Waals surface area contributed by atoms with Crippen molar-refractivity contribution < 1.29 is 23.8 Å². The maximum Gasteiger partial charge on any atom is 0.270 e. The molecule has 0 saturated carbocycles. The molecule has 1 fully saturated rings. The summed E-state index contributed by atoms with van der Waals surface area (Å²) < 4.78 is 16.0. The van der Waals surface area contributed by atoms with Gasteiger partial charge in [-0.25, -0.2) is 0 Å². The van der Waals surface area contributed by atoms with E-state index in [0.717, 1.165) is 0 Å². The summed E-state index contributed by atoms with van der Waals surface area (Å²) in [5.41, 5.74) is 1.14. The minimum absolute atomic E-state index is 0.149. The second-order valence-corrected chi connectivity index (χ2v) is 6.92. The lowest BCUT2D eigenvalue weighted by Gasteiger charge is -2.28. The predicted molar refractivity (Wildman–Crippen MR) is 107 cm³/mol. The fraction of sp³-hybridized carbons (Fsp3) is 0.238. The van der Waals surface area contributed by atoms with Gasteiger partial charge in [0.25, 0.3) is 11.8 Å². The van der Waals surface area contributed by atoms with Crippen LogP contribution in [-0.2, 0) is 9.53 Å². The van der Waals surface area contributed by atoms with Crippen LogP contribution in [0.1, 0.15) is 15.9 Å². The normalized spacial score (nSPS) is 15.9. The minimum Gasteiger partial charge on any atom is -0.454 e. The molecule has 2 amide bonds. The lowest BCUT2D eigenvalue weighted by molar-refractivity contribution is -0.131. The molecule has 29 heavy (non-hydrogen) atoms. The number of nitrogens with one attached hydrogen (secondary N) is 1. The maximum atomic E-state index is 13.1. The van der Waals surface area contributed by atoms with E-state index in [1.54, 1.807) is 53.4 Å². The highest BCUT2D eigenvalue weighted by molar-refractivity contribution is 6.34. The van der Waals surface area contributed by atoms with Gasteiger partial charge in [0, 0.05) is 13.1 Å². The van der Waals surface area contributed by atoms with Gasteiger partial charge in [0.05, 0.1) is 23.8 Å². The average molecular weight is 415 g/mol. The van der Waals surface area contributed by atoms with Crippen LogP contribution in [0, 0.1) is 0 Å². The number of hydrogen-bond acceptors (Lipinski definition) is 5. The third kappa shape index (κ3) is 4.36. The van der Waals surface area contributed by atoms with E-state index in [9.17, 15) is 9.59 Å². The number of nitrogens with zero attached hydrogens (tertiary/aromatic N) is 1. The van der Waals surface area contributed by atoms with Gasteiger partial charge in [0.15, 0.2) is 11.5 Å². The zero-order chi connectivity index (χ0) is 20.2. The van der Waals surface area contributed by atoms with Crippen molar-refractivity contribution in [1.29, 1.82) is 0 Å². The first-order chi connectivity index (χ1) is 14.1. The monoisotopic (exact) mass is 414 g/mol. The van der Waals surface area contributed by atoms with E-state index in [4.69, 9.17) is 25.8 Å². The highest BCUT2D eigenvalue weighted by atomic mass is 35.5. The Balaban J connectivity index is 1.64. The Labute approximate surface area is 172 Å². The Morgan fingerprint density at radius 1 is 1.03 bits per heavy atom. The number of amides is 2. The summed E-state index contributed by atoms with van der Waals surface area (Å²) in [6.45, 7) is 1.99. The molecule has 0 radical (unpaired) electrons. The van der Waals surface area contributed by atoms with Crippen molar-refractivity contribution in [3.8, 4) is 11.5 Å². The Morgan fingerprint density at radius 2 is 1.79 bits per heavy atom. The van der Waals surface area contributed by atoms with Gasteiger partial charge in [0.1, 0.15) is 5.70 Å². The summed E-state index contributed by atoms with van der Waals surface area (Å²) >= 11 is 6.13. The third-order valence-corrected chi connectivity index (χ3v) is 4.93. The molecule has 1 saturated heterocycles. The molecule has 2 aliphatic heterocycles. The minimum atomic E-state index is -0.454. The van der Waals surface area contributed by atoms with Crippen molar-refractivity contribution in [3.63, 3.8) is 0 Å². The van der Waals surface area contributed by atoms with Crippen LogP contribution in [0.4, 0.5) is 0 Å². The number of morpholine rings is 1. The van der Waals surface area contributed by atoms with Crippen molar-refractivity contribution in [2.45, 2.75) is 0 Å². The molecule has 2 heterocycles. The first kappa shape index (κ1) is 19.3. The topological polar surface area (TPSA) is 77.1 Å². The van der Waals surface area contributed by atoms with Gasteiger partial charge >= 0.3 is 0 Å². The summed E-state index contributed by atoms with van der Waals surface area (Å²) in [6.07, 6.45) is 1.62. The molecular formula is C21H19ClN2O5. The summed E-state index contributed by atoms with van der Waals surface area (Å²) in [6, 6.07) is 12.0. The highest BCUT2D eigenvalue weighted by Gasteiger charge is 2.23. The van der Waals surface area contributed by atoms with Gasteiger partial charge in [-0.05, 0) is 35.9 Å². The van der Waals surface area contributed by atoms with E-state index in [-0.39, 0.29) is 18.4 Å². The van der Waals surface area contributed by atoms with Crippen LogP contribution in [0.25, 0.3) is 6.08 Å². The second kappa shape index (κ2) is 8.55. The molecular weight excluding hydrogens is 396 g/mol. The number of rotatable bonds is 4. The summed E-state index contributed by atoms with van der Waals surface area (Å²) in [4.78, 5) is 27.5. The third-order valence-electron chi connectivity index (χ3n) is 4.60. The number of fused-ring (bicyclic) bond motifs is 1. The van der Waals surface area contributed by atoms with E-state index in [0.29, 0.717) is 54.0 Å². The SMILES string of the molecule is O=C(N/C(=C/c1ccc2c(c1)OCO2)C(=O)N1CCOCC1)c1ccccc1Cl. The first-order valence-electron chi connectivity index (χ1n) is 9.16. The molecule has 7 nitrogen and oxygen atoms in total. The number of ether oxygens (including phenoxy) is 3. The van der Waals surface area contributed by atoms with Gasteiger partial charge in [0.2, 0.25) is 6.79 Å². The van der Waals surface area contributed by atoms with Crippen molar-refractivity contribution in [2.24, 2.45) is 0 Å². The quantitative estimate of drug-likeness (QED) is 0.778. The Hall–Kier alpha value is -3.03. The molecule has 150 valence electrons. The van der Waals surface area contributed by atoms with Crippen molar-refractivity contribution in [1.82, 2.24) is 10.2 Å². The maximum absolute atomic E-state index is 13.1. The largest absolute Gasteiger partial charge is 0.454 e. The Bertz CT molecular complexity index is 969. The van der Waals surface area contributed by atoms with Gasteiger partial charge in [-0.3, -0.25) is 9.59 Å². The van der Waals surface area contributed by atoms with E-state index in [1.807, 2.05) is 0 Å². The number of hydrogen-bond donors (Lipinski definition) is 1. The summed E-state index contributed by atoms with van der Waals surface area (Å²) in [5.74, 6) is 0.494. The van der Waals surface area contributed by atoms with E-state index in [1.165, 1.54) is 0 Å².